The lowest BCUT2D eigenvalue weighted by Gasteiger charge is -2.07. The molecule has 0 fully saturated rings. The van der Waals surface area contributed by atoms with E-state index in [1.165, 1.54) is 10.2 Å². The summed E-state index contributed by atoms with van der Waals surface area (Å²) in [5, 5.41) is 4.34. The Morgan fingerprint density at radius 1 is 1.19 bits per heavy atom. The van der Waals surface area contributed by atoms with Crippen LogP contribution in [0, 0.1) is 20.8 Å². The van der Waals surface area contributed by atoms with E-state index in [0.717, 1.165) is 29.8 Å². The van der Waals surface area contributed by atoms with Crippen LogP contribution in [-0.4, -0.2) is 22.3 Å². The molecule has 0 saturated carbocycles. The molecule has 0 spiro atoms. The molecule has 0 bridgehead atoms. The molecule has 1 heterocycles. The number of ether oxygens (including phenoxy) is 1. The number of carbonyl (C=O) groups is 1. The van der Waals surface area contributed by atoms with E-state index in [9.17, 15) is 4.79 Å². The van der Waals surface area contributed by atoms with E-state index >= 15 is 0 Å². The molecule has 0 N–H and O–H groups in total. The van der Waals surface area contributed by atoms with Crippen LogP contribution in [0.2, 0.25) is 0 Å². The average Bonchev–Trinajstić information content (AvgIpc) is 2.75. The monoisotopic (exact) mass is 286 g/mol. The van der Waals surface area contributed by atoms with Crippen molar-refractivity contribution in [1.29, 1.82) is 0 Å². The minimum absolute atomic E-state index is 0.00339. The van der Waals surface area contributed by atoms with E-state index in [-0.39, 0.29) is 12.5 Å². The third kappa shape index (κ3) is 3.51. The van der Waals surface area contributed by atoms with Crippen LogP contribution in [0.3, 0.4) is 0 Å². The molecule has 0 aliphatic rings. The highest BCUT2D eigenvalue weighted by Crippen LogP contribution is 2.16. The van der Waals surface area contributed by atoms with Gasteiger partial charge in [0.15, 0.2) is 6.61 Å². The van der Waals surface area contributed by atoms with Crippen LogP contribution in [0.5, 0.6) is 5.75 Å². The average molecular weight is 286 g/mol. The van der Waals surface area contributed by atoms with Gasteiger partial charge in [-0.05, 0) is 44.9 Å². The topological polar surface area (TPSA) is 44.1 Å². The van der Waals surface area contributed by atoms with E-state index in [4.69, 9.17) is 4.74 Å². The van der Waals surface area contributed by atoms with E-state index in [2.05, 4.69) is 12.0 Å². The molecule has 0 amide bonds. The summed E-state index contributed by atoms with van der Waals surface area (Å²) in [7, 11) is 0. The van der Waals surface area contributed by atoms with Gasteiger partial charge in [0.25, 0.3) is 5.91 Å². The van der Waals surface area contributed by atoms with Gasteiger partial charge in [0, 0.05) is 5.69 Å². The zero-order valence-electron chi connectivity index (χ0n) is 13.1. The summed E-state index contributed by atoms with van der Waals surface area (Å²) in [6, 6.07) is 7.66. The Balaban J connectivity index is 2.07. The first kappa shape index (κ1) is 15.3. The summed E-state index contributed by atoms with van der Waals surface area (Å²) in [5.41, 5.74) is 4.18. The summed E-state index contributed by atoms with van der Waals surface area (Å²) in [5.74, 6) is 0.558. The molecule has 0 aliphatic carbocycles. The Morgan fingerprint density at radius 3 is 2.48 bits per heavy atom. The van der Waals surface area contributed by atoms with Crippen molar-refractivity contribution in [3.05, 3.63) is 46.8 Å². The van der Waals surface area contributed by atoms with Crippen LogP contribution in [0.15, 0.2) is 24.3 Å². The van der Waals surface area contributed by atoms with Gasteiger partial charge in [-0.25, -0.2) is 4.68 Å². The molecule has 4 heteroatoms. The van der Waals surface area contributed by atoms with E-state index in [0.29, 0.717) is 5.75 Å². The maximum absolute atomic E-state index is 12.3. The van der Waals surface area contributed by atoms with Gasteiger partial charge in [-0.1, -0.05) is 31.0 Å². The van der Waals surface area contributed by atoms with Crippen molar-refractivity contribution < 1.29 is 9.53 Å². The summed E-state index contributed by atoms with van der Waals surface area (Å²) in [4.78, 5) is 12.3. The maximum Gasteiger partial charge on any atom is 0.284 e. The lowest BCUT2D eigenvalue weighted by Crippen LogP contribution is -2.21. The van der Waals surface area contributed by atoms with Crippen LogP contribution in [0.25, 0.3) is 0 Å². The molecule has 0 radical (unpaired) electrons. The molecule has 0 saturated heterocycles. The summed E-state index contributed by atoms with van der Waals surface area (Å²) in [6.07, 6.45) is 1.99. The van der Waals surface area contributed by atoms with Crippen LogP contribution in [0.4, 0.5) is 0 Å². The quantitative estimate of drug-likeness (QED) is 0.845. The molecule has 1 aromatic heterocycles. The minimum Gasteiger partial charge on any atom is -0.484 e. The molecule has 0 unspecified atom stereocenters. The summed E-state index contributed by atoms with van der Waals surface area (Å²) >= 11 is 0. The number of carbonyl (C=O) groups excluding carboxylic acids is 1. The van der Waals surface area contributed by atoms with Gasteiger partial charge in [-0.15, -0.1) is 0 Å². The third-order valence-electron chi connectivity index (χ3n) is 3.56. The zero-order chi connectivity index (χ0) is 15.4. The van der Waals surface area contributed by atoms with Crippen molar-refractivity contribution in [1.82, 2.24) is 9.78 Å². The van der Waals surface area contributed by atoms with Crippen LogP contribution in [-0.2, 0) is 6.42 Å². The number of hydrogen-bond donors (Lipinski definition) is 0. The largest absolute Gasteiger partial charge is 0.484 e. The number of nitrogens with zero attached hydrogens (tertiary/aromatic N) is 2. The van der Waals surface area contributed by atoms with Crippen molar-refractivity contribution in [3.8, 4) is 5.75 Å². The Kier molecular flexibility index (Phi) is 4.78. The Hall–Kier alpha value is -2.10. The fourth-order valence-corrected chi connectivity index (χ4v) is 2.37. The number of aryl methyl sites for hydroxylation is 2. The predicted octanol–water partition coefficient (Wildman–Crippen LogP) is 3.48. The SMILES string of the molecule is CCCc1c(C)nn(C(=O)COc2ccc(C)cc2)c1C. The molecule has 0 aliphatic heterocycles. The van der Waals surface area contributed by atoms with Crippen molar-refractivity contribution in [3.63, 3.8) is 0 Å². The smallest absolute Gasteiger partial charge is 0.284 e. The first-order valence-electron chi connectivity index (χ1n) is 7.30. The molecular formula is C17H22N2O2. The number of aromatic nitrogens is 2. The van der Waals surface area contributed by atoms with E-state index < -0.39 is 0 Å². The molecule has 2 rings (SSSR count). The second-order valence-corrected chi connectivity index (χ2v) is 5.31. The van der Waals surface area contributed by atoms with Crippen molar-refractivity contribution >= 4 is 5.91 Å². The van der Waals surface area contributed by atoms with Crippen LogP contribution >= 0.6 is 0 Å². The highest BCUT2D eigenvalue weighted by molar-refractivity contribution is 5.80. The third-order valence-corrected chi connectivity index (χ3v) is 3.56. The number of rotatable bonds is 5. The first-order valence-corrected chi connectivity index (χ1v) is 7.30. The fourth-order valence-electron chi connectivity index (χ4n) is 2.37. The van der Waals surface area contributed by atoms with Crippen LogP contribution < -0.4 is 4.74 Å². The molecule has 1 aromatic carbocycles. The van der Waals surface area contributed by atoms with Gasteiger partial charge >= 0.3 is 0 Å². The number of hydrogen-bond acceptors (Lipinski definition) is 3. The second kappa shape index (κ2) is 6.57. The number of benzene rings is 1. The molecule has 112 valence electrons. The zero-order valence-corrected chi connectivity index (χ0v) is 13.1. The van der Waals surface area contributed by atoms with Gasteiger partial charge < -0.3 is 4.74 Å². The highest BCUT2D eigenvalue weighted by atomic mass is 16.5. The Bertz CT molecular complexity index is 627. The van der Waals surface area contributed by atoms with Gasteiger partial charge in [0.1, 0.15) is 5.75 Å². The Labute approximate surface area is 125 Å². The molecule has 4 nitrogen and oxygen atoms in total. The second-order valence-electron chi connectivity index (χ2n) is 5.31. The van der Waals surface area contributed by atoms with Crippen LogP contribution in [0.1, 0.15) is 40.7 Å². The summed E-state index contributed by atoms with van der Waals surface area (Å²) < 4.78 is 7.00. The normalized spacial score (nSPS) is 10.7. The lowest BCUT2D eigenvalue weighted by molar-refractivity contribution is 0.0818. The molecular weight excluding hydrogens is 264 g/mol. The van der Waals surface area contributed by atoms with Gasteiger partial charge in [-0.2, -0.15) is 5.10 Å². The predicted molar refractivity (Wildman–Crippen MR) is 83.0 cm³/mol. The van der Waals surface area contributed by atoms with Crippen molar-refractivity contribution in [2.24, 2.45) is 0 Å². The Morgan fingerprint density at radius 2 is 1.86 bits per heavy atom. The highest BCUT2D eigenvalue weighted by Gasteiger charge is 2.16. The van der Waals surface area contributed by atoms with E-state index in [1.54, 1.807) is 0 Å². The maximum atomic E-state index is 12.3. The standard InChI is InChI=1S/C17H22N2O2/c1-5-6-16-13(3)18-19(14(16)4)17(20)11-21-15-9-7-12(2)8-10-15/h7-10H,5-6,11H2,1-4H3. The van der Waals surface area contributed by atoms with Gasteiger partial charge in [-0.3, -0.25) is 4.79 Å². The minimum atomic E-state index is -0.140. The van der Waals surface area contributed by atoms with Crippen molar-refractivity contribution in [2.45, 2.75) is 40.5 Å². The van der Waals surface area contributed by atoms with Gasteiger partial charge in [0.2, 0.25) is 0 Å². The van der Waals surface area contributed by atoms with Crippen molar-refractivity contribution in [2.75, 3.05) is 6.61 Å². The first-order chi connectivity index (χ1) is 10.0. The van der Waals surface area contributed by atoms with E-state index in [1.807, 2.05) is 45.0 Å². The van der Waals surface area contributed by atoms with Gasteiger partial charge in [0.05, 0.1) is 5.69 Å². The molecule has 21 heavy (non-hydrogen) atoms. The molecule has 2 aromatic rings. The molecule has 0 atom stereocenters. The fraction of sp³-hybridized carbons (Fsp3) is 0.412. The summed E-state index contributed by atoms with van der Waals surface area (Å²) in [6.45, 7) is 8.02. The lowest BCUT2D eigenvalue weighted by atomic mass is 10.1.